The summed E-state index contributed by atoms with van der Waals surface area (Å²) in [4.78, 5) is 25.8. The molecule has 3 rings (SSSR count). The third kappa shape index (κ3) is 6.90. The van der Waals surface area contributed by atoms with Gasteiger partial charge in [0.25, 0.3) is 0 Å². The summed E-state index contributed by atoms with van der Waals surface area (Å²) in [5.41, 5.74) is 5.48. The zero-order valence-corrected chi connectivity index (χ0v) is 27.4. The van der Waals surface area contributed by atoms with Gasteiger partial charge in [0.1, 0.15) is 17.1 Å². The second-order valence-corrected chi connectivity index (χ2v) is 13.4. The predicted molar refractivity (Wildman–Crippen MR) is 166 cm³/mol. The number of aromatic hydroxyl groups is 1. The van der Waals surface area contributed by atoms with Crippen molar-refractivity contribution in [3.05, 3.63) is 22.8 Å². The van der Waals surface area contributed by atoms with Gasteiger partial charge >= 0.3 is 5.97 Å². The van der Waals surface area contributed by atoms with Crippen molar-refractivity contribution in [3.63, 3.8) is 0 Å². The van der Waals surface area contributed by atoms with Gasteiger partial charge in [-0.1, -0.05) is 41.5 Å². The molecule has 0 aromatic heterocycles. The lowest BCUT2D eigenvalue weighted by Gasteiger charge is -2.47. The average molecular weight is 606 g/mol. The summed E-state index contributed by atoms with van der Waals surface area (Å²) in [5, 5.41) is 42.3. The third-order valence-electron chi connectivity index (χ3n) is 10.9. The van der Waals surface area contributed by atoms with Gasteiger partial charge in [-0.25, -0.2) is 4.79 Å². The van der Waals surface area contributed by atoms with E-state index < -0.39 is 29.2 Å². The lowest BCUT2D eigenvalue weighted by Crippen LogP contribution is -2.55. The molecule has 10 atom stereocenters. The summed E-state index contributed by atoms with van der Waals surface area (Å²) in [6.07, 6.45) is 3.08. The molecule has 0 spiro atoms. The van der Waals surface area contributed by atoms with Crippen molar-refractivity contribution < 1.29 is 39.5 Å². The number of carbonyl (C=O) groups is 2. The number of benzene rings is 1. The van der Waals surface area contributed by atoms with Crippen LogP contribution in [0.2, 0.25) is 0 Å². The summed E-state index contributed by atoms with van der Waals surface area (Å²) < 4.78 is 13.2. The van der Waals surface area contributed by atoms with E-state index in [1.807, 2.05) is 27.7 Å². The summed E-state index contributed by atoms with van der Waals surface area (Å²) in [6.45, 7) is 15.3. The second kappa shape index (κ2) is 13.8. The van der Waals surface area contributed by atoms with Crippen LogP contribution in [0.15, 0.2) is 6.07 Å². The van der Waals surface area contributed by atoms with Crippen LogP contribution in [0.4, 0.5) is 5.69 Å². The number of aromatic carboxylic acids is 1. The molecule has 0 bridgehead atoms. The number of carboxylic acids is 1. The molecule has 2 saturated heterocycles. The smallest absolute Gasteiger partial charge is 0.339 e. The topological polar surface area (TPSA) is 160 Å². The highest BCUT2D eigenvalue weighted by molar-refractivity contribution is 5.94. The summed E-state index contributed by atoms with van der Waals surface area (Å²) in [7, 11) is 0. The number of carboxylic acid groups (broad SMARTS) is 1. The Kier molecular flexibility index (Phi) is 11.4. The number of ketones is 1. The van der Waals surface area contributed by atoms with Crippen molar-refractivity contribution in [1.29, 1.82) is 0 Å². The highest BCUT2D eigenvalue weighted by Crippen LogP contribution is 2.48. The van der Waals surface area contributed by atoms with Crippen LogP contribution >= 0.6 is 0 Å². The number of aryl methyl sites for hydroxylation is 1. The van der Waals surface area contributed by atoms with Crippen molar-refractivity contribution >= 4 is 17.4 Å². The first kappa shape index (κ1) is 35.3. The molecule has 244 valence electrons. The molecule has 2 aliphatic rings. The van der Waals surface area contributed by atoms with Gasteiger partial charge in [-0.15, -0.1) is 0 Å². The van der Waals surface area contributed by atoms with Gasteiger partial charge in [-0.3, -0.25) is 4.79 Å². The quantitative estimate of drug-likeness (QED) is 0.185. The number of rotatable bonds is 13. The molecular weight excluding hydrogens is 550 g/mol. The number of phenols is 1. The first-order chi connectivity index (χ1) is 20.1. The average Bonchev–Trinajstić information content (AvgIpc) is 3.32. The van der Waals surface area contributed by atoms with E-state index in [1.54, 1.807) is 19.9 Å². The van der Waals surface area contributed by atoms with Gasteiger partial charge in [0, 0.05) is 23.1 Å². The Bertz CT molecular complexity index is 1160. The number of hydrogen-bond acceptors (Lipinski definition) is 8. The van der Waals surface area contributed by atoms with Crippen LogP contribution < -0.4 is 5.73 Å². The summed E-state index contributed by atoms with van der Waals surface area (Å²) in [6, 6.07) is 1.57. The van der Waals surface area contributed by atoms with E-state index in [1.165, 1.54) is 0 Å². The number of nitrogens with two attached hydrogens (primary N) is 1. The van der Waals surface area contributed by atoms with Crippen LogP contribution in [0.5, 0.6) is 5.75 Å². The van der Waals surface area contributed by atoms with E-state index in [2.05, 4.69) is 13.8 Å². The van der Waals surface area contributed by atoms with Crippen LogP contribution in [0.3, 0.4) is 0 Å². The normalized spacial score (nSPS) is 32.2. The van der Waals surface area contributed by atoms with E-state index >= 15 is 0 Å². The predicted octanol–water partition coefficient (Wildman–Crippen LogP) is 5.42. The molecule has 0 radical (unpaired) electrons. The molecule has 0 saturated carbocycles. The zero-order chi connectivity index (χ0) is 32.4. The molecule has 1 aromatic carbocycles. The number of Topliss-reactive ketones (excluding diaryl/α,β-unsaturated/α-hetero) is 1. The molecule has 9 heteroatoms. The minimum Gasteiger partial charge on any atom is -0.507 e. The monoisotopic (exact) mass is 605 g/mol. The Balaban J connectivity index is 1.71. The number of hydrogen-bond donors (Lipinski definition) is 5. The summed E-state index contributed by atoms with van der Waals surface area (Å²) in [5.74, 6) is -2.83. The molecule has 0 unspecified atom stereocenters. The standard InChI is InChI=1S/C34H55NO8/c1-9-24(31-19(5)17-34(11-3,43-31)26-14-15-33(41,10-2)22(8)42-26)29(37)21(7)28(36)18(4)12-13-23-16-25(35)20(6)30(38)27(23)32(39)40/h16,18-19,21-22,24,26,28,31,36,38,41H,9-15,17,35H2,1-8H3,(H,39,40)/t18-,19+,21+,22+,24+,26-,28+,31+,33-,34+/m1/s1. The molecule has 1 aromatic rings. The summed E-state index contributed by atoms with van der Waals surface area (Å²) >= 11 is 0. The number of ether oxygens (including phenoxy) is 2. The Morgan fingerprint density at radius 3 is 2.35 bits per heavy atom. The van der Waals surface area contributed by atoms with Crippen molar-refractivity contribution in [1.82, 2.24) is 0 Å². The van der Waals surface area contributed by atoms with Gasteiger partial charge in [0.2, 0.25) is 0 Å². The van der Waals surface area contributed by atoms with E-state index in [-0.39, 0.29) is 59.6 Å². The van der Waals surface area contributed by atoms with Crippen LogP contribution in [0.25, 0.3) is 0 Å². The molecule has 0 amide bonds. The fraction of sp³-hybridized carbons (Fsp3) is 0.765. The van der Waals surface area contributed by atoms with Crippen molar-refractivity contribution in [2.24, 2.45) is 23.7 Å². The maximum atomic E-state index is 13.9. The third-order valence-corrected chi connectivity index (χ3v) is 10.9. The maximum Gasteiger partial charge on any atom is 0.339 e. The van der Waals surface area contributed by atoms with E-state index in [9.17, 15) is 30.0 Å². The van der Waals surface area contributed by atoms with Crippen LogP contribution in [0, 0.1) is 30.6 Å². The number of anilines is 1. The van der Waals surface area contributed by atoms with Crippen molar-refractivity contribution in [3.8, 4) is 5.75 Å². The molecule has 43 heavy (non-hydrogen) atoms. The molecule has 2 aliphatic heterocycles. The Hall–Kier alpha value is -2.20. The SMILES string of the molecule is CC[C@@H](C(=O)[C@@H](C)[C@@H](O)[C@H](C)CCc1cc(N)c(C)c(O)c1C(=O)O)[C@H]1O[C@](CC)([C@H]2CC[C@](O)(CC)[C@H](C)O2)C[C@@H]1C. The van der Waals surface area contributed by atoms with E-state index in [0.717, 1.165) is 12.8 Å². The lowest BCUT2D eigenvalue weighted by molar-refractivity contribution is -0.229. The first-order valence-electron chi connectivity index (χ1n) is 16.2. The molecule has 9 nitrogen and oxygen atoms in total. The highest BCUT2D eigenvalue weighted by atomic mass is 16.6. The lowest BCUT2D eigenvalue weighted by atomic mass is 9.76. The maximum absolute atomic E-state index is 13.9. The Morgan fingerprint density at radius 1 is 1.16 bits per heavy atom. The van der Waals surface area contributed by atoms with Crippen LogP contribution in [-0.2, 0) is 20.7 Å². The fourth-order valence-corrected chi connectivity index (χ4v) is 7.54. The fourth-order valence-electron chi connectivity index (χ4n) is 7.54. The van der Waals surface area contributed by atoms with Crippen LogP contribution in [-0.4, -0.2) is 67.8 Å². The number of aliphatic hydroxyl groups excluding tert-OH is 1. The van der Waals surface area contributed by atoms with Crippen molar-refractivity contribution in [2.75, 3.05) is 5.73 Å². The zero-order valence-electron chi connectivity index (χ0n) is 27.4. The number of nitrogen functional groups attached to an aromatic ring is 1. The molecule has 2 heterocycles. The molecule has 6 N–H and O–H groups in total. The van der Waals surface area contributed by atoms with Gasteiger partial charge < -0.3 is 35.6 Å². The Morgan fingerprint density at radius 2 is 1.81 bits per heavy atom. The van der Waals surface area contributed by atoms with Crippen molar-refractivity contribution in [2.45, 2.75) is 142 Å². The van der Waals surface area contributed by atoms with Gasteiger partial charge in [0.15, 0.2) is 0 Å². The van der Waals surface area contributed by atoms with E-state index in [0.29, 0.717) is 48.9 Å². The Labute approximate surface area is 257 Å². The first-order valence-corrected chi connectivity index (χ1v) is 16.2. The van der Waals surface area contributed by atoms with Gasteiger partial charge in [-0.05, 0) is 88.7 Å². The minimum absolute atomic E-state index is 0.0349. The highest BCUT2D eigenvalue weighted by Gasteiger charge is 2.55. The van der Waals surface area contributed by atoms with Gasteiger partial charge in [0.05, 0.1) is 35.6 Å². The molecule has 2 fully saturated rings. The molecule has 0 aliphatic carbocycles. The van der Waals surface area contributed by atoms with Gasteiger partial charge in [-0.2, -0.15) is 0 Å². The minimum atomic E-state index is -1.24. The number of carbonyl (C=O) groups excluding carboxylic acids is 1. The number of aliphatic hydroxyl groups is 2. The molecular formula is C34H55NO8. The van der Waals surface area contributed by atoms with Crippen LogP contribution in [0.1, 0.15) is 115 Å². The second-order valence-electron chi connectivity index (χ2n) is 13.4. The van der Waals surface area contributed by atoms with E-state index in [4.69, 9.17) is 15.2 Å². The largest absolute Gasteiger partial charge is 0.507 e.